The number of amides is 1. The SMILES string of the molecule is CCCCc1noc(CNc2ccc(C(=O)NC(C)C)cc2C)n1. The molecule has 24 heavy (non-hydrogen) atoms. The first kappa shape index (κ1) is 18.0. The normalized spacial score (nSPS) is 10.9. The van der Waals surface area contributed by atoms with Gasteiger partial charge in [0.25, 0.3) is 5.91 Å². The number of hydrogen-bond acceptors (Lipinski definition) is 5. The predicted octanol–water partition coefficient (Wildman–Crippen LogP) is 3.47. The fraction of sp³-hybridized carbons (Fsp3) is 0.500. The minimum absolute atomic E-state index is 0.0582. The molecule has 2 aromatic rings. The van der Waals surface area contributed by atoms with Gasteiger partial charge in [0, 0.05) is 23.7 Å². The average molecular weight is 330 g/mol. The van der Waals surface area contributed by atoms with Gasteiger partial charge in [0.05, 0.1) is 6.54 Å². The number of hydrogen-bond donors (Lipinski definition) is 2. The molecule has 2 N–H and O–H groups in total. The number of nitrogens with zero attached hydrogens (tertiary/aromatic N) is 2. The first-order valence-corrected chi connectivity index (χ1v) is 8.46. The van der Waals surface area contributed by atoms with Crippen LogP contribution < -0.4 is 10.6 Å². The molecule has 0 aliphatic carbocycles. The van der Waals surface area contributed by atoms with E-state index < -0.39 is 0 Å². The molecule has 130 valence electrons. The maximum absolute atomic E-state index is 12.0. The van der Waals surface area contributed by atoms with Crippen molar-refractivity contribution in [3.8, 4) is 0 Å². The number of anilines is 1. The van der Waals surface area contributed by atoms with Crippen LogP contribution in [0.2, 0.25) is 0 Å². The third-order valence-electron chi connectivity index (χ3n) is 3.60. The lowest BCUT2D eigenvalue weighted by Gasteiger charge is -2.11. The van der Waals surface area contributed by atoms with Crippen LogP contribution in [-0.4, -0.2) is 22.1 Å². The second kappa shape index (κ2) is 8.47. The highest BCUT2D eigenvalue weighted by Gasteiger charge is 2.10. The third kappa shape index (κ3) is 5.08. The van der Waals surface area contributed by atoms with E-state index in [2.05, 4.69) is 27.7 Å². The molecule has 0 fully saturated rings. The van der Waals surface area contributed by atoms with E-state index in [4.69, 9.17) is 4.52 Å². The summed E-state index contributed by atoms with van der Waals surface area (Å²) in [5.74, 6) is 1.27. The molecule has 0 saturated carbocycles. The molecule has 6 heteroatoms. The monoisotopic (exact) mass is 330 g/mol. The summed E-state index contributed by atoms with van der Waals surface area (Å²) in [6.07, 6.45) is 3.02. The zero-order chi connectivity index (χ0) is 17.5. The lowest BCUT2D eigenvalue weighted by atomic mass is 10.1. The van der Waals surface area contributed by atoms with Gasteiger partial charge in [-0.25, -0.2) is 0 Å². The van der Waals surface area contributed by atoms with E-state index in [0.717, 1.165) is 36.3 Å². The second-order valence-electron chi connectivity index (χ2n) is 6.22. The Kier molecular flexibility index (Phi) is 6.35. The summed E-state index contributed by atoms with van der Waals surface area (Å²) in [4.78, 5) is 16.4. The molecular formula is C18H26N4O2. The number of unbranched alkanes of at least 4 members (excludes halogenated alkanes) is 1. The van der Waals surface area contributed by atoms with Gasteiger partial charge in [0.2, 0.25) is 5.89 Å². The molecule has 0 saturated heterocycles. The molecule has 0 bridgehead atoms. The molecule has 2 rings (SSSR count). The van der Waals surface area contributed by atoms with Gasteiger partial charge < -0.3 is 15.2 Å². The Morgan fingerprint density at radius 2 is 2.12 bits per heavy atom. The summed E-state index contributed by atoms with van der Waals surface area (Å²) in [5, 5.41) is 10.1. The summed E-state index contributed by atoms with van der Waals surface area (Å²) in [5.41, 5.74) is 2.60. The van der Waals surface area contributed by atoms with Gasteiger partial charge in [-0.05, 0) is 51.0 Å². The zero-order valence-electron chi connectivity index (χ0n) is 14.8. The van der Waals surface area contributed by atoms with Crippen molar-refractivity contribution in [3.05, 3.63) is 41.0 Å². The van der Waals surface area contributed by atoms with Crippen LogP contribution in [0.1, 0.15) is 61.2 Å². The minimum atomic E-state index is -0.0582. The van der Waals surface area contributed by atoms with Crippen LogP contribution in [0.15, 0.2) is 22.7 Å². The van der Waals surface area contributed by atoms with Crippen LogP contribution in [0, 0.1) is 6.92 Å². The Labute approximate surface area is 143 Å². The highest BCUT2D eigenvalue weighted by atomic mass is 16.5. The number of nitrogens with one attached hydrogen (secondary N) is 2. The van der Waals surface area contributed by atoms with Crippen molar-refractivity contribution in [1.29, 1.82) is 0 Å². The Hall–Kier alpha value is -2.37. The van der Waals surface area contributed by atoms with Crippen molar-refractivity contribution >= 4 is 11.6 Å². The van der Waals surface area contributed by atoms with Gasteiger partial charge in [0.1, 0.15) is 0 Å². The van der Waals surface area contributed by atoms with Crippen LogP contribution >= 0.6 is 0 Å². The smallest absolute Gasteiger partial charge is 0.251 e. The second-order valence-corrected chi connectivity index (χ2v) is 6.22. The van der Waals surface area contributed by atoms with Crippen LogP contribution in [0.3, 0.4) is 0 Å². The number of carbonyl (C=O) groups is 1. The molecular weight excluding hydrogens is 304 g/mol. The molecule has 1 aromatic heterocycles. The fourth-order valence-corrected chi connectivity index (χ4v) is 2.32. The van der Waals surface area contributed by atoms with Crippen molar-refractivity contribution < 1.29 is 9.32 Å². The van der Waals surface area contributed by atoms with Crippen LogP contribution in [-0.2, 0) is 13.0 Å². The third-order valence-corrected chi connectivity index (χ3v) is 3.60. The topological polar surface area (TPSA) is 80.0 Å². The lowest BCUT2D eigenvalue weighted by Crippen LogP contribution is -2.30. The maximum atomic E-state index is 12.0. The highest BCUT2D eigenvalue weighted by molar-refractivity contribution is 5.95. The molecule has 6 nitrogen and oxygen atoms in total. The standard InChI is InChI=1S/C18H26N4O2/c1-5-6-7-16-21-17(24-22-16)11-19-15-9-8-14(10-13(15)4)18(23)20-12(2)3/h8-10,12,19H,5-7,11H2,1-4H3,(H,20,23). The number of benzene rings is 1. The molecule has 1 aromatic carbocycles. The van der Waals surface area contributed by atoms with E-state index in [9.17, 15) is 4.79 Å². The number of carbonyl (C=O) groups excluding carboxylic acids is 1. The van der Waals surface area contributed by atoms with E-state index in [1.807, 2.05) is 39.0 Å². The molecule has 0 aliphatic rings. The summed E-state index contributed by atoms with van der Waals surface area (Å²) in [6, 6.07) is 5.71. The molecule has 0 aliphatic heterocycles. The predicted molar refractivity (Wildman–Crippen MR) is 94.0 cm³/mol. The Morgan fingerprint density at radius 3 is 2.79 bits per heavy atom. The number of rotatable bonds is 8. The molecule has 0 unspecified atom stereocenters. The van der Waals surface area contributed by atoms with Gasteiger partial charge >= 0.3 is 0 Å². The van der Waals surface area contributed by atoms with Crippen molar-refractivity contribution in [3.63, 3.8) is 0 Å². The molecule has 1 heterocycles. The van der Waals surface area contributed by atoms with E-state index in [1.54, 1.807) is 0 Å². The lowest BCUT2D eigenvalue weighted by molar-refractivity contribution is 0.0943. The van der Waals surface area contributed by atoms with Gasteiger partial charge in [0.15, 0.2) is 5.82 Å². The number of aromatic nitrogens is 2. The van der Waals surface area contributed by atoms with Gasteiger partial charge in [-0.1, -0.05) is 18.5 Å². The van der Waals surface area contributed by atoms with Crippen molar-refractivity contribution in [2.24, 2.45) is 0 Å². The Bertz CT molecular complexity index is 679. The van der Waals surface area contributed by atoms with Crippen LogP contribution in [0.5, 0.6) is 0 Å². The summed E-state index contributed by atoms with van der Waals surface area (Å²) >= 11 is 0. The molecule has 1 amide bonds. The summed E-state index contributed by atoms with van der Waals surface area (Å²) < 4.78 is 5.24. The minimum Gasteiger partial charge on any atom is -0.376 e. The maximum Gasteiger partial charge on any atom is 0.251 e. The highest BCUT2D eigenvalue weighted by Crippen LogP contribution is 2.17. The molecule has 0 atom stereocenters. The zero-order valence-corrected chi connectivity index (χ0v) is 14.8. The summed E-state index contributed by atoms with van der Waals surface area (Å²) in [7, 11) is 0. The molecule has 0 radical (unpaired) electrons. The van der Waals surface area contributed by atoms with Crippen molar-refractivity contribution in [1.82, 2.24) is 15.5 Å². The van der Waals surface area contributed by atoms with Gasteiger partial charge in [-0.3, -0.25) is 4.79 Å². The van der Waals surface area contributed by atoms with Crippen LogP contribution in [0.25, 0.3) is 0 Å². The average Bonchev–Trinajstić information content (AvgIpc) is 2.99. The van der Waals surface area contributed by atoms with Crippen molar-refractivity contribution in [2.75, 3.05) is 5.32 Å². The quantitative estimate of drug-likeness (QED) is 0.774. The van der Waals surface area contributed by atoms with E-state index >= 15 is 0 Å². The molecule has 0 spiro atoms. The van der Waals surface area contributed by atoms with Gasteiger partial charge in [-0.2, -0.15) is 4.98 Å². The first-order valence-electron chi connectivity index (χ1n) is 8.46. The van der Waals surface area contributed by atoms with Crippen LogP contribution in [0.4, 0.5) is 5.69 Å². The van der Waals surface area contributed by atoms with E-state index in [1.165, 1.54) is 0 Å². The Morgan fingerprint density at radius 1 is 1.33 bits per heavy atom. The van der Waals surface area contributed by atoms with Crippen molar-refractivity contribution in [2.45, 2.75) is 59.5 Å². The Balaban J connectivity index is 1.95. The first-order chi connectivity index (χ1) is 11.5. The van der Waals surface area contributed by atoms with E-state index in [0.29, 0.717) is 18.0 Å². The largest absolute Gasteiger partial charge is 0.376 e. The van der Waals surface area contributed by atoms with Gasteiger partial charge in [-0.15, -0.1) is 0 Å². The fourth-order valence-electron chi connectivity index (χ4n) is 2.32. The number of aryl methyl sites for hydroxylation is 2. The van der Waals surface area contributed by atoms with E-state index in [-0.39, 0.29) is 11.9 Å². The summed E-state index contributed by atoms with van der Waals surface area (Å²) in [6.45, 7) is 8.46.